The van der Waals surface area contributed by atoms with Crippen molar-refractivity contribution in [3.05, 3.63) is 58.9 Å². The molecule has 1 N–H and O–H groups in total. The molecule has 0 bridgehead atoms. The van der Waals surface area contributed by atoms with Gasteiger partial charge in [-0.25, -0.2) is 0 Å². The van der Waals surface area contributed by atoms with Gasteiger partial charge in [0.1, 0.15) is 0 Å². The Bertz CT molecular complexity index is 527. The maximum Gasteiger partial charge on any atom is 0.0689 e. The fourth-order valence-corrected chi connectivity index (χ4v) is 2.77. The highest BCUT2D eigenvalue weighted by molar-refractivity contribution is 7.99. The Morgan fingerprint density at radius 1 is 1.20 bits per heavy atom. The molecule has 2 aromatic rings. The van der Waals surface area contributed by atoms with E-state index < -0.39 is 6.10 Å². The SMILES string of the molecule is CCc1ccc(CC(O)CSc2ccc(Cl)cc2)nc1. The Balaban J connectivity index is 1.82. The number of aromatic nitrogens is 1. The highest BCUT2D eigenvalue weighted by atomic mass is 35.5. The van der Waals surface area contributed by atoms with E-state index in [0.717, 1.165) is 22.0 Å². The van der Waals surface area contributed by atoms with Gasteiger partial charge in [0.05, 0.1) is 6.10 Å². The van der Waals surface area contributed by atoms with Gasteiger partial charge in [0.15, 0.2) is 0 Å². The molecule has 0 saturated carbocycles. The van der Waals surface area contributed by atoms with Crippen molar-refractivity contribution in [3.63, 3.8) is 0 Å². The fourth-order valence-electron chi connectivity index (χ4n) is 1.81. The average molecular weight is 308 g/mol. The molecule has 0 aliphatic heterocycles. The minimum Gasteiger partial charge on any atom is -0.392 e. The summed E-state index contributed by atoms with van der Waals surface area (Å²) >= 11 is 7.47. The monoisotopic (exact) mass is 307 g/mol. The molecule has 2 rings (SSSR count). The topological polar surface area (TPSA) is 33.1 Å². The summed E-state index contributed by atoms with van der Waals surface area (Å²) in [7, 11) is 0. The lowest BCUT2D eigenvalue weighted by atomic mass is 10.1. The number of aryl methyl sites for hydroxylation is 1. The van der Waals surface area contributed by atoms with Crippen LogP contribution in [0.5, 0.6) is 0 Å². The molecule has 0 aliphatic carbocycles. The molecule has 20 heavy (non-hydrogen) atoms. The van der Waals surface area contributed by atoms with Gasteiger partial charge < -0.3 is 5.11 Å². The maximum absolute atomic E-state index is 10.1. The lowest BCUT2D eigenvalue weighted by molar-refractivity contribution is 0.199. The van der Waals surface area contributed by atoms with Crippen molar-refractivity contribution in [1.29, 1.82) is 0 Å². The van der Waals surface area contributed by atoms with Gasteiger partial charge in [0.25, 0.3) is 0 Å². The lowest BCUT2D eigenvalue weighted by Crippen LogP contribution is -2.14. The molecule has 2 nitrogen and oxygen atoms in total. The van der Waals surface area contributed by atoms with Crippen LogP contribution in [0.2, 0.25) is 5.02 Å². The predicted molar refractivity (Wildman–Crippen MR) is 85.5 cm³/mol. The highest BCUT2D eigenvalue weighted by Crippen LogP contribution is 2.21. The van der Waals surface area contributed by atoms with Gasteiger partial charge in [0.2, 0.25) is 0 Å². The number of halogens is 1. The second-order valence-electron chi connectivity index (χ2n) is 4.63. The van der Waals surface area contributed by atoms with Gasteiger partial charge in [0, 0.05) is 34.0 Å². The maximum atomic E-state index is 10.1. The summed E-state index contributed by atoms with van der Waals surface area (Å²) in [5, 5.41) is 10.8. The zero-order chi connectivity index (χ0) is 14.4. The number of hydrogen-bond acceptors (Lipinski definition) is 3. The molecule has 1 atom stereocenters. The first-order valence-corrected chi connectivity index (χ1v) is 8.04. The van der Waals surface area contributed by atoms with Crippen LogP contribution in [0, 0.1) is 0 Å². The summed E-state index contributed by atoms with van der Waals surface area (Å²) in [5.41, 5.74) is 2.16. The molecule has 0 amide bonds. The summed E-state index contributed by atoms with van der Waals surface area (Å²) in [5.74, 6) is 0.652. The zero-order valence-electron chi connectivity index (χ0n) is 11.4. The van der Waals surface area contributed by atoms with E-state index in [1.807, 2.05) is 36.5 Å². The molecule has 0 fully saturated rings. The van der Waals surface area contributed by atoms with Gasteiger partial charge in [-0.1, -0.05) is 24.6 Å². The molecule has 1 aromatic heterocycles. The van der Waals surface area contributed by atoms with Crippen LogP contribution in [-0.2, 0) is 12.8 Å². The van der Waals surface area contributed by atoms with Crippen molar-refractivity contribution >= 4 is 23.4 Å². The Kier molecular flexibility index (Phi) is 5.89. The lowest BCUT2D eigenvalue weighted by Gasteiger charge is -2.10. The van der Waals surface area contributed by atoms with Crippen molar-refractivity contribution in [3.8, 4) is 0 Å². The molecule has 106 valence electrons. The van der Waals surface area contributed by atoms with Crippen molar-refractivity contribution in [2.75, 3.05) is 5.75 Å². The quantitative estimate of drug-likeness (QED) is 0.819. The Morgan fingerprint density at radius 3 is 2.55 bits per heavy atom. The average Bonchev–Trinajstić information content (AvgIpc) is 2.47. The first-order chi connectivity index (χ1) is 9.67. The van der Waals surface area contributed by atoms with Crippen molar-refractivity contribution in [1.82, 2.24) is 4.98 Å². The number of hydrogen-bond donors (Lipinski definition) is 1. The molecule has 0 saturated heterocycles. The Morgan fingerprint density at radius 2 is 1.95 bits per heavy atom. The van der Waals surface area contributed by atoms with Crippen LogP contribution in [0.1, 0.15) is 18.2 Å². The van der Waals surface area contributed by atoms with Crippen LogP contribution in [0.4, 0.5) is 0 Å². The predicted octanol–water partition coefficient (Wildman–Crippen LogP) is 3.99. The third kappa shape index (κ3) is 4.82. The van der Waals surface area contributed by atoms with Crippen LogP contribution in [0.15, 0.2) is 47.5 Å². The molecule has 1 heterocycles. The van der Waals surface area contributed by atoms with Crippen LogP contribution in [0.3, 0.4) is 0 Å². The van der Waals surface area contributed by atoms with Gasteiger partial charge in [-0.15, -0.1) is 11.8 Å². The number of nitrogens with zero attached hydrogens (tertiary/aromatic N) is 1. The van der Waals surface area contributed by atoms with E-state index in [9.17, 15) is 5.11 Å². The van der Waals surface area contributed by atoms with E-state index in [0.29, 0.717) is 12.2 Å². The number of aliphatic hydroxyl groups is 1. The molecular formula is C16H18ClNOS. The summed E-state index contributed by atoms with van der Waals surface area (Å²) in [4.78, 5) is 5.48. The molecule has 1 unspecified atom stereocenters. The number of thioether (sulfide) groups is 1. The number of aliphatic hydroxyl groups excluding tert-OH is 1. The number of benzene rings is 1. The van der Waals surface area contributed by atoms with E-state index in [-0.39, 0.29) is 0 Å². The summed E-state index contributed by atoms with van der Waals surface area (Å²) in [6.07, 6.45) is 3.07. The second-order valence-corrected chi connectivity index (χ2v) is 6.16. The Hall–Kier alpha value is -1.03. The van der Waals surface area contributed by atoms with Crippen molar-refractivity contribution in [2.45, 2.75) is 30.8 Å². The molecule has 1 aromatic carbocycles. The minimum atomic E-state index is -0.393. The summed E-state index contributed by atoms with van der Waals surface area (Å²) in [6.45, 7) is 2.11. The molecule has 0 radical (unpaired) electrons. The van der Waals surface area contributed by atoms with Crippen LogP contribution in [-0.4, -0.2) is 21.9 Å². The molecule has 4 heteroatoms. The number of rotatable bonds is 6. The van der Waals surface area contributed by atoms with E-state index in [1.54, 1.807) is 11.8 Å². The molecule has 0 aliphatic rings. The van der Waals surface area contributed by atoms with Crippen LogP contribution >= 0.6 is 23.4 Å². The van der Waals surface area contributed by atoms with Gasteiger partial charge in [-0.3, -0.25) is 4.98 Å². The van der Waals surface area contributed by atoms with Gasteiger partial charge in [-0.05, 0) is 42.3 Å². The summed E-state index contributed by atoms with van der Waals surface area (Å²) in [6, 6.07) is 11.7. The molecule has 0 spiro atoms. The van der Waals surface area contributed by atoms with Crippen molar-refractivity contribution < 1.29 is 5.11 Å². The largest absolute Gasteiger partial charge is 0.392 e. The third-order valence-electron chi connectivity index (χ3n) is 3.00. The minimum absolute atomic E-state index is 0.393. The zero-order valence-corrected chi connectivity index (χ0v) is 13.0. The normalized spacial score (nSPS) is 12.3. The van der Waals surface area contributed by atoms with E-state index in [2.05, 4.69) is 18.0 Å². The van der Waals surface area contributed by atoms with Crippen LogP contribution < -0.4 is 0 Å². The smallest absolute Gasteiger partial charge is 0.0689 e. The second kappa shape index (κ2) is 7.67. The van der Waals surface area contributed by atoms with Gasteiger partial charge in [-0.2, -0.15) is 0 Å². The summed E-state index contributed by atoms with van der Waals surface area (Å²) < 4.78 is 0. The highest BCUT2D eigenvalue weighted by Gasteiger charge is 2.07. The van der Waals surface area contributed by atoms with E-state index >= 15 is 0 Å². The standard InChI is InChI=1S/C16H18ClNOS/c1-2-12-3-6-14(18-10-12)9-15(19)11-20-16-7-4-13(17)5-8-16/h3-8,10,15,19H,2,9,11H2,1H3. The fraction of sp³-hybridized carbons (Fsp3) is 0.312. The van der Waals surface area contributed by atoms with E-state index in [4.69, 9.17) is 11.6 Å². The first kappa shape index (κ1) is 15.4. The number of pyridine rings is 1. The van der Waals surface area contributed by atoms with Crippen molar-refractivity contribution in [2.24, 2.45) is 0 Å². The first-order valence-electron chi connectivity index (χ1n) is 6.67. The molecular weight excluding hydrogens is 290 g/mol. The van der Waals surface area contributed by atoms with Gasteiger partial charge >= 0.3 is 0 Å². The van der Waals surface area contributed by atoms with Crippen LogP contribution in [0.25, 0.3) is 0 Å². The Labute approximate surface area is 129 Å². The third-order valence-corrected chi connectivity index (χ3v) is 4.40. The van der Waals surface area contributed by atoms with E-state index in [1.165, 1.54) is 5.56 Å².